The minimum absolute atomic E-state index is 0.321. The molecule has 0 bridgehead atoms. The molecule has 22 heavy (non-hydrogen) atoms. The highest BCUT2D eigenvalue weighted by atomic mass is 16.6. The van der Waals surface area contributed by atoms with Gasteiger partial charge >= 0.3 is 0 Å². The molecule has 0 aliphatic carbocycles. The molecule has 1 heterocycles. The number of nitrogens with zero attached hydrogens (tertiary/aromatic N) is 2. The predicted octanol–water partition coefficient (Wildman–Crippen LogP) is 3.11. The number of rotatable bonds is 7. The lowest BCUT2D eigenvalue weighted by Crippen LogP contribution is -1.96. The van der Waals surface area contributed by atoms with Gasteiger partial charge in [0.25, 0.3) is 0 Å². The number of aryl methyl sites for hydroxylation is 2. The van der Waals surface area contributed by atoms with Gasteiger partial charge < -0.3 is 18.8 Å². The number of hydrogen-bond donors (Lipinski definition) is 0. The standard InChI is InChI=1S/C16H20N2O4/c1-5-14-13(11(2)18-22-14)10-21-17-9-12-7-6-8-15(19-3)16(12)20-4/h6-9H,5,10H2,1-4H3/b17-9+. The first-order chi connectivity index (χ1) is 10.7. The molecule has 6 nitrogen and oxygen atoms in total. The lowest BCUT2D eigenvalue weighted by Gasteiger charge is -2.09. The lowest BCUT2D eigenvalue weighted by atomic mass is 10.2. The molecule has 0 atom stereocenters. The molecule has 0 spiro atoms. The summed E-state index contributed by atoms with van der Waals surface area (Å²) in [5, 5.41) is 7.92. The van der Waals surface area contributed by atoms with Crippen LogP contribution in [0.2, 0.25) is 0 Å². The minimum Gasteiger partial charge on any atom is -0.493 e. The van der Waals surface area contributed by atoms with Crippen molar-refractivity contribution in [3.05, 3.63) is 40.8 Å². The molecule has 0 saturated heterocycles. The summed E-state index contributed by atoms with van der Waals surface area (Å²) >= 11 is 0. The topological polar surface area (TPSA) is 66.1 Å². The van der Waals surface area contributed by atoms with Crippen LogP contribution in [0.25, 0.3) is 0 Å². The molecular weight excluding hydrogens is 284 g/mol. The summed E-state index contributed by atoms with van der Waals surface area (Å²) in [7, 11) is 3.18. The fourth-order valence-corrected chi connectivity index (χ4v) is 2.11. The Morgan fingerprint density at radius 3 is 2.77 bits per heavy atom. The Bertz CT molecular complexity index is 650. The molecule has 0 aliphatic heterocycles. The molecular formula is C16H20N2O4. The third-order valence-electron chi connectivity index (χ3n) is 3.30. The third-order valence-corrected chi connectivity index (χ3v) is 3.30. The summed E-state index contributed by atoms with van der Waals surface area (Å²) in [6.07, 6.45) is 2.36. The predicted molar refractivity (Wildman–Crippen MR) is 82.5 cm³/mol. The van der Waals surface area contributed by atoms with Crippen LogP contribution < -0.4 is 9.47 Å². The van der Waals surface area contributed by atoms with Gasteiger partial charge in [0.15, 0.2) is 11.5 Å². The molecule has 0 aliphatic rings. The van der Waals surface area contributed by atoms with E-state index in [1.807, 2.05) is 32.0 Å². The van der Waals surface area contributed by atoms with E-state index in [1.54, 1.807) is 20.4 Å². The first kappa shape index (κ1) is 15.9. The Morgan fingerprint density at radius 2 is 2.09 bits per heavy atom. The summed E-state index contributed by atoms with van der Waals surface area (Å²) in [6, 6.07) is 5.56. The van der Waals surface area contributed by atoms with Gasteiger partial charge in [-0.2, -0.15) is 0 Å². The van der Waals surface area contributed by atoms with Gasteiger partial charge in [-0.15, -0.1) is 0 Å². The van der Waals surface area contributed by atoms with Crippen molar-refractivity contribution in [2.75, 3.05) is 14.2 Å². The van der Waals surface area contributed by atoms with E-state index in [-0.39, 0.29) is 0 Å². The summed E-state index contributed by atoms with van der Waals surface area (Å²) in [5.41, 5.74) is 2.54. The van der Waals surface area contributed by atoms with E-state index < -0.39 is 0 Å². The number of benzene rings is 1. The molecule has 0 fully saturated rings. The van der Waals surface area contributed by atoms with Crippen molar-refractivity contribution in [2.45, 2.75) is 26.9 Å². The van der Waals surface area contributed by atoms with Gasteiger partial charge in [0.1, 0.15) is 12.4 Å². The second kappa shape index (κ2) is 7.49. The van der Waals surface area contributed by atoms with Crippen LogP contribution in [0.3, 0.4) is 0 Å². The van der Waals surface area contributed by atoms with Crippen LogP contribution in [0.15, 0.2) is 27.9 Å². The number of aromatic nitrogens is 1. The lowest BCUT2D eigenvalue weighted by molar-refractivity contribution is 0.130. The summed E-state index contributed by atoms with van der Waals surface area (Å²) in [6.45, 7) is 4.21. The van der Waals surface area contributed by atoms with Gasteiger partial charge in [-0.25, -0.2) is 0 Å². The fraction of sp³-hybridized carbons (Fsp3) is 0.375. The zero-order chi connectivity index (χ0) is 15.9. The van der Waals surface area contributed by atoms with E-state index in [0.29, 0.717) is 18.1 Å². The highest BCUT2D eigenvalue weighted by molar-refractivity contribution is 5.84. The maximum Gasteiger partial charge on any atom is 0.169 e. The van der Waals surface area contributed by atoms with E-state index in [2.05, 4.69) is 10.3 Å². The van der Waals surface area contributed by atoms with Crippen LogP contribution in [-0.2, 0) is 17.9 Å². The molecule has 0 N–H and O–H groups in total. The Balaban J connectivity index is 2.06. The van der Waals surface area contributed by atoms with E-state index >= 15 is 0 Å². The normalized spacial score (nSPS) is 10.9. The van der Waals surface area contributed by atoms with Crippen molar-refractivity contribution < 1.29 is 18.8 Å². The molecule has 0 saturated carbocycles. The number of oxime groups is 1. The average molecular weight is 304 g/mol. The largest absolute Gasteiger partial charge is 0.493 e. The Labute approximate surface area is 129 Å². The van der Waals surface area contributed by atoms with Gasteiger partial charge in [-0.3, -0.25) is 0 Å². The van der Waals surface area contributed by atoms with Crippen LogP contribution in [0.1, 0.15) is 29.5 Å². The first-order valence-electron chi connectivity index (χ1n) is 7.01. The van der Waals surface area contributed by atoms with Crippen LogP contribution >= 0.6 is 0 Å². The maximum absolute atomic E-state index is 5.35. The summed E-state index contributed by atoms with van der Waals surface area (Å²) < 4.78 is 15.8. The van der Waals surface area contributed by atoms with Crippen molar-refractivity contribution in [3.63, 3.8) is 0 Å². The molecule has 0 radical (unpaired) electrons. The molecule has 6 heteroatoms. The quantitative estimate of drug-likeness (QED) is 0.581. The SMILES string of the molecule is CCc1onc(C)c1CO/N=C/c1cccc(OC)c1OC. The zero-order valence-electron chi connectivity index (χ0n) is 13.3. The van der Waals surface area contributed by atoms with E-state index in [9.17, 15) is 0 Å². The third kappa shape index (κ3) is 3.39. The summed E-state index contributed by atoms with van der Waals surface area (Å²) in [4.78, 5) is 5.35. The average Bonchev–Trinajstić information content (AvgIpc) is 2.91. The molecule has 2 rings (SSSR count). The van der Waals surface area contributed by atoms with Gasteiger partial charge in [0, 0.05) is 12.0 Å². The van der Waals surface area contributed by atoms with Crippen molar-refractivity contribution >= 4 is 6.21 Å². The monoisotopic (exact) mass is 304 g/mol. The highest BCUT2D eigenvalue weighted by Gasteiger charge is 2.11. The molecule has 2 aromatic rings. The molecule has 0 amide bonds. The number of hydrogen-bond acceptors (Lipinski definition) is 6. The van der Waals surface area contributed by atoms with Crippen molar-refractivity contribution in [2.24, 2.45) is 5.16 Å². The second-order valence-electron chi connectivity index (χ2n) is 4.61. The Morgan fingerprint density at radius 1 is 1.27 bits per heavy atom. The fourth-order valence-electron chi connectivity index (χ4n) is 2.11. The van der Waals surface area contributed by atoms with E-state index in [1.165, 1.54) is 0 Å². The first-order valence-corrected chi connectivity index (χ1v) is 7.01. The van der Waals surface area contributed by atoms with Crippen molar-refractivity contribution in [3.8, 4) is 11.5 Å². The van der Waals surface area contributed by atoms with Crippen LogP contribution in [0.5, 0.6) is 11.5 Å². The smallest absolute Gasteiger partial charge is 0.169 e. The Kier molecular flexibility index (Phi) is 5.41. The van der Waals surface area contributed by atoms with Crippen LogP contribution in [0, 0.1) is 6.92 Å². The van der Waals surface area contributed by atoms with E-state index in [4.69, 9.17) is 18.8 Å². The molecule has 1 aromatic heterocycles. The van der Waals surface area contributed by atoms with Crippen LogP contribution in [0.4, 0.5) is 0 Å². The van der Waals surface area contributed by atoms with E-state index in [0.717, 1.165) is 29.0 Å². The number of para-hydroxylation sites is 1. The van der Waals surface area contributed by atoms with Crippen molar-refractivity contribution in [1.82, 2.24) is 5.16 Å². The summed E-state index contributed by atoms with van der Waals surface area (Å²) in [5.74, 6) is 2.09. The second-order valence-corrected chi connectivity index (χ2v) is 4.61. The van der Waals surface area contributed by atoms with Gasteiger partial charge in [0.2, 0.25) is 0 Å². The highest BCUT2D eigenvalue weighted by Crippen LogP contribution is 2.29. The molecule has 1 aromatic carbocycles. The molecule has 118 valence electrons. The van der Waals surface area contributed by atoms with Crippen molar-refractivity contribution in [1.29, 1.82) is 0 Å². The Hall–Kier alpha value is -2.50. The zero-order valence-corrected chi connectivity index (χ0v) is 13.3. The van der Waals surface area contributed by atoms with Gasteiger partial charge in [0.05, 0.1) is 31.7 Å². The number of ether oxygens (including phenoxy) is 2. The molecule has 0 unspecified atom stereocenters. The van der Waals surface area contributed by atoms with Gasteiger partial charge in [-0.05, 0) is 19.1 Å². The maximum atomic E-state index is 5.35. The van der Waals surface area contributed by atoms with Gasteiger partial charge in [-0.1, -0.05) is 23.3 Å². The minimum atomic E-state index is 0.321. The van der Waals surface area contributed by atoms with Crippen LogP contribution in [-0.4, -0.2) is 25.6 Å². The number of methoxy groups -OCH3 is 2.